The van der Waals surface area contributed by atoms with Crippen LogP contribution in [0.25, 0.3) is 0 Å². The summed E-state index contributed by atoms with van der Waals surface area (Å²) in [6, 6.07) is 0. The first-order valence-corrected chi connectivity index (χ1v) is 32.1. The molecule has 0 saturated carbocycles. The molecule has 0 heterocycles. The fraction of sp³-hybridized carbons (Fsp3) is 0.618. The van der Waals surface area contributed by atoms with E-state index >= 15 is 0 Å². The molecular formula is C68H113NO8P+. The van der Waals surface area contributed by atoms with E-state index < -0.39 is 26.5 Å². The number of ether oxygens (including phenoxy) is 2. The van der Waals surface area contributed by atoms with Gasteiger partial charge in [-0.2, -0.15) is 0 Å². The van der Waals surface area contributed by atoms with Gasteiger partial charge in [0.2, 0.25) is 0 Å². The number of hydrogen-bond acceptors (Lipinski definition) is 7. The van der Waals surface area contributed by atoms with Crippen molar-refractivity contribution in [2.75, 3.05) is 47.5 Å². The number of quaternary nitrogens is 1. The summed E-state index contributed by atoms with van der Waals surface area (Å²) >= 11 is 0. The van der Waals surface area contributed by atoms with E-state index in [1.165, 1.54) is 51.4 Å². The Bertz CT molecular complexity index is 1820. The minimum Gasteiger partial charge on any atom is -0.462 e. The molecule has 1 N–H and O–H groups in total. The van der Waals surface area contributed by atoms with E-state index in [-0.39, 0.29) is 32.0 Å². The molecule has 2 unspecified atom stereocenters. The summed E-state index contributed by atoms with van der Waals surface area (Å²) in [6.45, 7) is 4.24. The van der Waals surface area contributed by atoms with Crippen molar-refractivity contribution in [3.8, 4) is 0 Å². The van der Waals surface area contributed by atoms with Crippen molar-refractivity contribution < 1.29 is 42.1 Å². The van der Waals surface area contributed by atoms with Gasteiger partial charge < -0.3 is 18.9 Å². The van der Waals surface area contributed by atoms with E-state index in [1.54, 1.807) is 0 Å². The van der Waals surface area contributed by atoms with Crippen LogP contribution >= 0.6 is 7.82 Å². The molecule has 0 rings (SSSR count). The van der Waals surface area contributed by atoms with Crippen LogP contribution in [0.3, 0.4) is 0 Å². The van der Waals surface area contributed by atoms with Crippen molar-refractivity contribution in [1.82, 2.24) is 0 Å². The van der Waals surface area contributed by atoms with E-state index in [2.05, 4.69) is 160 Å². The fourth-order valence-electron chi connectivity index (χ4n) is 7.66. The van der Waals surface area contributed by atoms with E-state index in [9.17, 15) is 19.0 Å². The van der Waals surface area contributed by atoms with Crippen LogP contribution in [-0.2, 0) is 32.7 Å². The number of carbonyl (C=O) groups is 2. The van der Waals surface area contributed by atoms with Gasteiger partial charge in [0.15, 0.2) is 6.10 Å². The maximum absolute atomic E-state index is 12.8. The van der Waals surface area contributed by atoms with E-state index in [0.29, 0.717) is 23.9 Å². The zero-order chi connectivity index (χ0) is 57.0. The Kier molecular flexibility index (Phi) is 54.5. The highest BCUT2D eigenvalue weighted by Crippen LogP contribution is 2.43. The van der Waals surface area contributed by atoms with Crippen molar-refractivity contribution in [3.63, 3.8) is 0 Å². The molecule has 78 heavy (non-hydrogen) atoms. The van der Waals surface area contributed by atoms with Crippen LogP contribution in [0.15, 0.2) is 146 Å². The van der Waals surface area contributed by atoms with Crippen LogP contribution in [0.4, 0.5) is 0 Å². The number of carbonyl (C=O) groups excluding carboxylic acids is 2. The van der Waals surface area contributed by atoms with Gasteiger partial charge in [0, 0.05) is 12.8 Å². The first-order valence-electron chi connectivity index (χ1n) is 30.6. The SMILES string of the molecule is CC/C=C\C/C=C\C/C=C\C/C=C\C/C=C\C/C=C\C/C=C\C/C=C\C/C=C\C/C=C\CCCCCCCCCCC(=O)OC(COC(=O)CCCCCCC/C=C\C/C=C\CCCCC)COP(=O)(O)OCC[N+](C)(C)C. The summed E-state index contributed by atoms with van der Waals surface area (Å²) in [7, 11) is 1.44. The predicted octanol–water partition coefficient (Wildman–Crippen LogP) is 19.5. The Balaban J connectivity index is 4.15. The number of nitrogens with zero attached hydrogens (tertiary/aromatic N) is 1. The topological polar surface area (TPSA) is 108 Å². The van der Waals surface area contributed by atoms with Crippen molar-refractivity contribution in [2.24, 2.45) is 0 Å². The molecular weight excluding hydrogens is 990 g/mol. The smallest absolute Gasteiger partial charge is 0.462 e. The molecule has 9 nitrogen and oxygen atoms in total. The highest BCUT2D eigenvalue weighted by molar-refractivity contribution is 7.47. The molecule has 0 aromatic carbocycles. The molecule has 0 aliphatic rings. The summed E-state index contributed by atoms with van der Waals surface area (Å²) < 4.78 is 34.5. The van der Waals surface area contributed by atoms with Gasteiger partial charge in [-0.15, -0.1) is 0 Å². The number of unbranched alkanes of at least 4 members (excludes halogenated alkanes) is 16. The highest BCUT2D eigenvalue weighted by Gasteiger charge is 2.27. The molecule has 0 amide bonds. The Morgan fingerprint density at radius 1 is 0.410 bits per heavy atom. The number of rotatable bonds is 54. The first kappa shape index (κ1) is 73.9. The molecule has 0 aliphatic carbocycles. The number of allylic oxidation sites excluding steroid dienone is 24. The molecule has 0 spiro atoms. The highest BCUT2D eigenvalue weighted by atomic mass is 31.2. The first-order chi connectivity index (χ1) is 38.0. The maximum atomic E-state index is 12.8. The van der Waals surface area contributed by atoms with E-state index in [1.807, 2.05) is 21.1 Å². The van der Waals surface area contributed by atoms with Crippen molar-refractivity contribution in [3.05, 3.63) is 146 Å². The van der Waals surface area contributed by atoms with Gasteiger partial charge in [-0.1, -0.05) is 230 Å². The molecule has 442 valence electrons. The predicted molar refractivity (Wildman–Crippen MR) is 334 cm³/mol. The molecule has 0 fully saturated rings. The van der Waals surface area contributed by atoms with Crippen LogP contribution < -0.4 is 0 Å². The molecule has 10 heteroatoms. The van der Waals surface area contributed by atoms with Gasteiger partial charge in [-0.3, -0.25) is 18.6 Å². The summed E-state index contributed by atoms with van der Waals surface area (Å²) in [5.74, 6) is -0.833. The van der Waals surface area contributed by atoms with Gasteiger partial charge in [0.05, 0.1) is 27.7 Å². The van der Waals surface area contributed by atoms with Crippen LogP contribution in [-0.4, -0.2) is 74.9 Å². The molecule has 0 bridgehead atoms. The second-order valence-electron chi connectivity index (χ2n) is 21.0. The summed E-state index contributed by atoms with van der Waals surface area (Å²) in [5, 5.41) is 0. The monoisotopic (exact) mass is 1100 g/mol. The van der Waals surface area contributed by atoms with Crippen LogP contribution in [0.1, 0.15) is 219 Å². The molecule has 0 radical (unpaired) electrons. The number of phosphoric acid groups is 1. The zero-order valence-corrected chi connectivity index (χ0v) is 51.0. The lowest BCUT2D eigenvalue weighted by Gasteiger charge is -2.24. The number of hydrogen-bond donors (Lipinski definition) is 1. The molecule has 0 aromatic heterocycles. The third kappa shape index (κ3) is 61.1. The Morgan fingerprint density at radius 2 is 0.731 bits per heavy atom. The number of phosphoric ester groups is 1. The van der Waals surface area contributed by atoms with E-state index in [4.69, 9.17) is 18.5 Å². The van der Waals surface area contributed by atoms with Gasteiger partial charge in [-0.05, 0) is 122 Å². The molecule has 0 aromatic rings. The summed E-state index contributed by atoms with van der Waals surface area (Å²) in [6.07, 6.45) is 85.0. The molecule has 0 saturated heterocycles. The van der Waals surface area contributed by atoms with Gasteiger partial charge in [0.25, 0.3) is 0 Å². The van der Waals surface area contributed by atoms with Crippen molar-refractivity contribution in [2.45, 2.75) is 225 Å². The minimum absolute atomic E-state index is 0.0203. The van der Waals surface area contributed by atoms with Gasteiger partial charge in [0.1, 0.15) is 19.8 Å². The van der Waals surface area contributed by atoms with Gasteiger partial charge in [-0.25, -0.2) is 4.57 Å². The third-order valence-electron chi connectivity index (χ3n) is 12.4. The van der Waals surface area contributed by atoms with Crippen LogP contribution in [0.2, 0.25) is 0 Å². The van der Waals surface area contributed by atoms with Gasteiger partial charge >= 0.3 is 19.8 Å². The molecule has 2 atom stereocenters. The number of esters is 2. The fourth-order valence-corrected chi connectivity index (χ4v) is 8.40. The molecule has 0 aliphatic heterocycles. The second kappa shape index (κ2) is 57.6. The minimum atomic E-state index is -4.40. The van der Waals surface area contributed by atoms with E-state index in [0.717, 1.165) is 128 Å². The van der Waals surface area contributed by atoms with Crippen LogP contribution in [0, 0.1) is 0 Å². The summed E-state index contributed by atoms with van der Waals surface area (Å²) in [5.41, 5.74) is 0. The van der Waals surface area contributed by atoms with Crippen molar-refractivity contribution in [1.29, 1.82) is 0 Å². The average Bonchev–Trinajstić information content (AvgIpc) is 3.41. The lowest BCUT2D eigenvalue weighted by Crippen LogP contribution is -2.37. The lowest BCUT2D eigenvalue weighted by molar-refractivity contribution is -0.870. The maximum Gasteiger partial charge on any atom is 0.472 e. The average molecular weight is 1100 g/mol. The van der Waals surface area contributed by atoms with Crippen molar-refractivity contribution >= 4 is 19.8 Å². The summed E-state index contributed by atoms with van der Waals surface area (Å²) in [4.78, 5) is 35.7. The number of likely N-dealkylation sites (N-methyl/N-ethyl adjacent to an activating group) is 1. The Labute approximate surface area is 478 Å². The quantitative estimate of drug-likeness (QED) is 0.0211. The standard InChI is InChI=1S/C68H112NO8P/c1-6-8-10-12-14-16-18-20-22-23-24-25-26-27-28-29-30-31-32-33-34-35-36-37-38-39-40-41-42-43-44-45-47-49-51-53-55-57-59-61-68(71)77-66(65-76-78(72,73)75-63-62-69(3,4)5)64-74-67(70)60-58-56-54-52-50-48-46-21-19-17-15-13-11-9-7-2/h8,10,14-17,20-22,24-25,27-28,30-31,33-34,36-37,39-40,42-43,46,66H,6-7,9,11-13,18-19,23,26,29,32,35,38,41,44-45,47-65H2,1-5H3/p+1/b10-8-,16-14-,17-15-,22-20-,25-24-,28-27-,31-30-,34-33-,37-36-,40-39-,43-42-,46-21-. The lowest BCUT2D eigenvalue weighted by atomic mass is 10.1. The normalized spacial score (nSPS) is 14.3. The largest absolute Gasteiger partial charge is 0.472 e. The van der Waals surface area contributed by atoms with Crippen LogP contribution in [0.5, 0.6) is 0 Å². The second-order valence-corrected chi connectivity index (χ2v) is 22.5. The Hall–Kier alpha value is -4.11. The third-order valence-corrected chi connectivity index (χ3v) is 13.3. The Morgan fingerprint density at radius 3 is 1.09 bits per heavy atom. The zero-order valence-electron chi connectivity index (χ0n) is 50.1.